The largest absolute Gasteiger partial charge is 0.465 e. The molecular weight excluding hydrogens is 344 g/mol. The minimum Gasteiger partial charge on any atom is -0.465 e. The quantitative estimate of drug-likeness (QED) is 0.783. The maximum Gasteiger partial charge on any atom is 0.405 e. The lowest BCUT2D eigenvalue weighted by molar-refractivity contribution is 0.102. The molecule has 0 saturated carbocycles. The Bertz CT molecular complexity index is 873. The second kappa shape index (κ2) is 6.99. The first kappa shape index (κ1) is 17.7. The number of amides is 2. The molecule has 0 aromatic heterocycles. The van der Waals surface area contributed by atoms with Crippen LogP contribution in [0.25, 0.3) is 0 Å². The molecule has 6 nitrogen and oxygen atoms in total. The zero-order chi connectivity index (χ0) is 18.8. The van der Waals surface area contributed by atoms with Crippen LogP contribution in [0.2, 0.25) is 0 Å². The highest BCUT2D eigenvalue weighted by atomic mass is 19.2. The monoisotopic (exact) mass is 361 g/mol. The second-order valence-electron chi connectivity index (χ2n) is 6.04. The van der Waals surface area contributed by atoms with Crippen molar-refractivity contribution >= 4 is 23.4 Å². The molecule has 3 rings (SSSR count). The number of nitrogens with one attached hydrogen (secondary N) is 2. The van der Waals surface area contributed by atoms with Gasteiger partial charge in [-0.15, -0.1) is 0 Å². The lowest BCUT2D eigenvalue weighted by Crippen LogP contribution is -2.37. The fourth-order valence-electron chi connectivity index (χ4n) is 3.11. The van der Waals surface area contributed by atoms with Crippen LogP contribution in [0.15, 0.2) is 36.4 Å². The van der Waals surface area contributed by atoms with E-state index in [1.165, 1.54) is 6.07 Å². The van der Waals surface area contributed by atoms with E-state index in [9.17, 15) is 18.4 Å². The summed E-state index contributed by atoms with van der Waals surface area (Å²) in [7, 11) is 1.81. The summed E-state index contributed by atoms with van der Waals surface area (Å²) in [5, 5.41) is 14.0. The van der Waals surface area contributed by atoms with E-state index in [1.54, 1.807) is 18.2 Å². The van der Waals surface area contributed by atoms with Gasteiger partial charge in [0.25, 0.3) is 5.91 Å². The molecule has 1 heterocycles. The number of halogens is 2. The summed E-state index contributed by atoms with van der Waals surface area (Å²) in [5.41, 5.74) is 1.76. The molecule has 0 radical (unpaired) electrons. The molecule has 1 unspecified atom stereocenters. The third-order valence-corrected chi connectivity index (χ3v) is 4.30. The van der Waals surface area contributed by atoms with Gasteiger partial charge in [-0.1, -0.05) is 12.1 Å². The first-order chi connectivity index (χ1) is 12.4. The minimum atomic E-state index is -1.14. The molecule has 136 valence electrons. The number of hydrogen-bond acceptors (Lipinski definition) is 3. The highest BCUT2D eigenvalue weighted by Gasteiger charge is 2.28. The van der Waals surface area contributed by atoms with E-state index < -0.39 is 29.7 Å². The van der Waals surface area contributed by atoms with E-state index in [-0.39, 0.29) is 5.69 Å². The molecule has 0 fully saturated rings. The summed E-state index contributed by atoms with van der Waals surface area (Å²) in [4.78, 5) is 25.5. The Balaban J connectivity index is 1.93. The van der Waals surface area contributed by atoms with Crippen LogP contribution in [0.5, 0.6) is 0 Å². The predicted octanol–water partition coefficient (Wildman–Crippen LogP) is 3.37. The van der Waals surface area contributed by atoms with Gasteiger partial charge in [-0.2, -0.15) is 0 Å². The SMILES string of the molecule is CN1CCC(NC(=O)O)c2cccc(C(=O)Nc3ccc(F)c(F)c3)c21. The summed E-state index contributed by atoms with van der Waals surface area (Å²) in [5.74, 6) is -2.54. The van der Waals surface area contributed by atoms with Crippen molar-refractivity contribution in [1.29, 1.82) is 0 Å². The van der Waals surface area contributed by atoms with Crippen LogP contribution in [0, 0.1) is 11.6 Å². The number of para-hydroxylation sites is 1. The van der Waals surface area contributed by atoms with Gasteiger partial charge in [-0.05, 0) is 30.2 Å². The standard InChI is InChI=1S/C18H17F2N3O3/c1-23-8-7-15(22-18(25)26)11-3-2-4-12(16(11)23)17(24)21-10-5-6-13(19)14(20)9-10/h2-6,9,15,22H,7-8H2,1H3,(H,21,24)(H,25,26). The highest BCUT2D eigenvalue weighted by molar-refractivity contribution is 6.08. The van der Waals surface area contributed by atoms with Crippen molar-refractivity contribution in [3.63, 3.8) is 0 Å². The number of carbonyl (C=O) groups is 2. The Morgan fingerprint density at radius 3 is 2.65 bits per heavy atom. The number of rotatable bonds is 3. The number of carbonyl (C=O) groups excluding carboxylic acids is 1. The van der Waals surface area contributed by atoms with Crippen molar-refractivity contribution in [2.75, 3.05) is 23.8 Å². The third-order valence-electron chi connectivity index (χ3n) is 4.30. The first-order valence-electron chi connectivity index (χ1n) is 7.96. The zero-order valence-electron chi connectivity index (χ0n) is 13.9. The number of fused-ring (bicyclic) bond motifs is 1. The van der Waals surface area contributed by atoms with E-state index in [2.05, 4.69) is 10.6 Å². The van der Waals surface area contributed by atoms with Crippen LogP contribution in [-0.2, 0) is 0 Å². The van der Waals surface area contributed by atoms with Gasteiger partial charge in [0.15, 0.2) is 11.6 Å². The number of nitrogens with zero attached hydrogens (tertiary/aromatic N) is 1. The van der Waals surface area contributed by atoms with Crippen molar-refractivity contribution in [2.45, 2.75) is 12.5 Å². The summed E-state index contributed by atoms with van der Waals surface area (Å²) in [6, 6.07) is 7.72. The van der Waals surface area contributed by atoms with Gasteiger partial charge in [0.2, 0.25) is 0 Å². The smallest absolute Gasteiger partial charge is 0.405 e. The Morgan fingerprint density at radius 1 is 1.19 bits per heavy atom. The van der Waals surface area contributed by atoms with E-state index in [4.69, 9.17) is 5.11 Å². The lowest BCUT2D eigenvalue weighted by Gasteiger charge is -2.34. The van der Waals surface area contributed by atoms with Gasteiger partial charge in [0.05, 0.1) is 17.3 Å². The molecule has 1 aliphatic heterocycles. The summed E-state index contributed by atoms with van der Waals surface area (Å²) in [6.07, 6.45) is -0.563. The molecule has 26 heavy (non-hydrogen) atoms. The Hall–Kier alpha value is -3.16. The van der Waals surface area contributed by atoms with Crippen molar-refractivity contribution in [3.8, 4) is 0 Å². The molecule has 8 heteroatoms. The molecule has 0 saturated heterocycles. The molecule has 1 atom stereocenters. The molecule has 3 N–H and O–H groups in total. The van der Waals surface area contributed by atoms with Crippen molar-refractivity contribution in [1.82, 2.24) is 5.32 Å². The molecule has 2 aromatic carbocycles. The lowest BCUT2D eigenvalue weighted by atomic mass is 9.93. The van der Waals surface area contributed by atoms with Crippen molar-refractivity contribution in [3.05, 3.63) is 59.2 Å². The van der Waals surface area contributed by atoms with Crippen LogP contribution >= 0.6 is 0 Å². The van der Waals surface area contributed by atoms with Crippen LogP contribution in [0.3, 0.4) is 0 Å². The normalized spacial score (nSPS) is 16.0. The summed E-state index contributed by atoms with van der Waals surface area (Å²) in [6.45, 7) is 0.563. The van der Waals surface area contributed by atoms with E-state index in [0.717, 1.165) is 12.1 Å². The van der Waals surface area contributed by atoms with Crippen molar-refractivity contribution in [2.24, 2.45) is 0 Å². The van der Waals surface area contributed by atoms with Gasteiger partial charge in [-0.3, -0.25) is 4.79 Å². The number of hydrogen-bond donors (Lipinski definition) is 3. The molecule has 2 aromatic rings. The maximum atomic E-state index is 13.3. The van der Waals surface area contributed by atoms with Crippen molar-refractivity contribution < 1.29 is 23.5 Å². The van der Waals surface area contributed by atoms with Crippen LogP contribution in [0.4, 0.5) is 25.0 Å². The van der Waals surface area contributed by atoms with Crippen LogP contribution in [0.1, 0.15) is 28.4 Å². The van der Waals surface area contributed by atoms with Gasteiger partial charge < -0.3 is 20.6 Å². The topological polar surface area (TPSA) is 81.7 Å². The van der Waals surface area contributed by atoms with Gasteiger partial charge in [0.1, 0.15) is 0 Å². The Morgan fingerprint density at radius 2 is 1.96 bits per heavy atom. The molecule has 1 aliphatic rings. The van der Waals surface area contributed by atoms with E-state index in [0.29, 0.717) is 29.8 Å². The molecule has 2 amide bonds. The fraction of sp³-hybridized carbons (Fsp3) is 0.222. The summed E-state index contributed by atoms with van der Waals surface area (Å²) < 4.78 is 26.4. The Kier molecular flexibility index (Phi) is 4.75. The number of anilines is 2. The maximum absolute atomic E-state index is 13.3. The van der Waals surface area contributed by atoms with Gasteiger partial charge in [0, 0.05) is 25.3 Å². The molecule has 0 bridgehead atoms. The highest BCUT2D eigenvalue weighted by Crippen LogP contribution is 2.36. The second-order valence-corrected chi connectivity index (χ2v) is 6.04. The zero-order valence-corrected chi connectivity index (χ0v) is 13.9. The molecular formula is C18H17F2N3O3. The number of carboxylic acid groups (broad SMARTS) is 1. The van der Waals surface area contributed by atoms with Gasteiger partial charge >= 0.3 is 6.09 Å². The van der Waals surface area contributed by atoms with E-state index >= 15 is 0 Å². The van der Waals surface area contributed by atoms with E-state index in [1.807, 2.05) is 11.9 Å². The first-order valence-corrected chi connectivity index (χ1v) is 7.96. The average molecular weight is 361 g/mol. The fourth-order valence-corrected chi connectivity index (χ4v) is 3.11. The number of benzene rings is 2. The molecule has 0 aliphatic carbocycles. The van der Waals surface area contributed by atoms with Crippen LogP contribution < -0.4 is 15.5 Å². The predicted molar refractivity (Wildman–Crippen MR) is 92.5 cm³/mol. The van der Waals surface area contributed by atoms with Gasteiger partial charge in [-0.25, -0.2) is 13.6 Å². The van der Waals surface area contributed by atoms with Crippen LogP contribution in [-0.4, -0.2) is 30.7 Å². The minimum absolute atomic E-state index is 0.130. The summed E-state index contributed by atoms with van der Waals surface area (Å²) >= 11 is 0. The average Bonchev–Trinajstić information content (AvgIpc) is 2.60. The molecule has 0 spiro atoms. The Labute approximate surface area is 148 Å². The third kappa shape index (κ3) is 3.44.